The highest BCUT2D eigenvalue weighted by molar-refractivity contribution is 6.03. The Labute approximate surface area is 259 Å². The van der Waals surface area contributed by atoms with Gasteiger partial charge in [-0.3, -0.25) is 14.9 Å². The van der Waals surface area contributed by atoms with Crippen LogP contribution in [0.4, 0.5) is 4.79 Å². The van der Waals surface area contributed by atoms with Crippen molar-refractivity contribution in [1.29, 1.82) is 0 Å². The van der Waals surface area contributed by atoms with Gasteiger partial charge >= 0.3 is 18.0 Å². The Kier molecular flexibility index (Phi) is 12.1. The second kappa shape index (κ2) is 16.4. The first-order chi connectivity index (χ1) is 21.4. The van der Waals surface area contributed by atoms with E-state index in [1.807, 2.05) is 97.9 Å². The van der Waals surface area contributed by atoms with Crippen LogP contribution in [0.15, 0.2) is 91.0 Å². The van der Waals surface area contributed by atoms with Crippen molar-refractivity contribution in [2.75, 3.05) is 13.1 Å². The number of nitrogens with one attached hydrogen (secondary N) is 1. The zero-order valence-electron chi connectivity index (χ0n) is 25.4. The molecule has 3 amide bonds. The zero-order chi connectivity index (χ0) is 31.3. The van der Waals surface area contributed by atoms with Gasteiger partial charge in [-0.2, -0.15) is 0 Å². The second-order valence-corrected chi connectivity index (χ2v) is 11.0. The molecule has 0 bridgehead atoms. The van der Waals surface area contributed by atoms with Gasteiger partial charge in [0.25, 0.3) is 0 Å². The first-order valence-electron chi connectivity index (χ1n) is 15.2. The summed E-state index contributed by atoms with van der Waals surface area (Å²) < 4.78 is 11.2. The molecule has 3 atom stereocenters. The van der Waals surface area contributed by atoms with Crippen molar-refractivity contribution in [3.05, 3.63) is 108 Å². The maximum Gasteiger partial charge on any atom is 0.331 e. The molecule has 0 aromatic heterocycles. The number of benzene rings is 3. The summed E-state index contributed by atoms with van der Waals surface area (Å²) in [5.41, 5.74) is 2.69. The van der Waals surface area contributed by atoms with E-state index in [4.69, 9.17) is 9.47 Å². The zero-order valence-corrected chi connectivity index (χ0v) is 25.4. The average Bonchev–Trinajstić information content (AvgIpc) is 3.39. The van der Waals surface area contributed by atoms with Crippen LogP contribution in [0, 0.1) is 0 Å². The number of rotatable bonds is 15. The van der Waals surface area contributed by atoms with Gasteiger partial charge in [-0.25, -0.2) is 14.5 Å². The van der Waals surface area contributed by atoms with E-state index in [-0.39, 0.29) is 19.8 Å². The minimum Gasteiger partial charge on any atom is -0.460 e. The van der Waals surface area contributed by atoms with Crippen molar-refractivity contribution in [3.63, 3.8) is 0 Å². The number of esters is 2. The fraction of sp³-hybridized carbons (Fsp3) is 0.371. The van der Waals surface area contributed by atoms with E-state index >= 15 is 0 Å². The van der Waals surface area contributed by atoms with Crippen molar-refractivity contribution in [3.8, 4) is 0 Å². The van der Waals surface area contributed by atoms with E-state index < -0.39 is 42.0 Å². The summed E-state index contributed by atoms with van der Waals surface area (Å²) in [7, 11) is 0. The summed E-state index contributed by atoms with van der Waals surface area (Å²) in [5.74, 6) is -1.75. The van der Waals surface area contributed by atoms with Gasteiger partial charge in [0.05, 0.1) is 12.6 Å². The molecular weight excluding hydrogens is 558 g/mol. The Morgan fingerprint density at radius 2 is 1.39 bits per heavy atom. The summed E-state index contributed by atoms with van der Waals surface area (Å²) in [6.07, 6.45) is 2.53. The molecule has 1 aliphatic heterocycles. The van der Waals surface area contributed by atoms with Gasteiger partial charge in [0.1, 0.15) is 19.3 Å². The number of carbonyl (C=O) groups is 4. The van der Waals surface area contributed by atoms with Gasteiger partial charge in [-0.05, 0) is 42.9 Å². The number of nitrogens with zero attached hydrogens (tertiary/aromatic N) is 2. The van der Waals surface area contributed by atoms with Crippen molar-refractivity contribution >= 4 is 23.9 Å². The Bertz CT molecular complexity index is 1370. The van der Waals surface area contributed by atoms with Gasteiger partial charge in [0.2, 0.25) is 5.91 Å². The third-order valence-electron chi connectivity index (χ3n) is 7.59. The second-order valence-electron chi connectivity index (χ2n) is 11.0. The van der Waals surface area contributed by atoms with Crippen molar-refractivity contribution in [2.24, 2.45) is 0 Å². The molecule has 9 nitrogen and oxygen atoms in total. The van der Waals surface area contributed by atoms with Gasteiger partial charge in [0, 0.05) is 6.54 Å². The molecule has 0 aliphatic carbocycles. The molecule has 0 saturated carbocycles. The number of ether oxygens (including phenoxy) is 2. The summed E-state index contributed by atoms with van der Waals surface area (Å²) >= 11 is 0. The number of imide groups is 1. The average molecular weight is 600 g/mol. The number of hydrogen-bond acceptors (Lipinski definition) is 7. The van der Waals surface area contributed by atoms with Crippen molar-refractivity contribution < 1.29 is 28.7 Å². The van der Waals surface area contributed by atoms with Crippen LogP contribution in [0.5, 0.6) is 0 Å². The van der Waals surface area contributed by atoms with E-state index in [0.717, 1.165) is 34.4 Å². The molecule has 0 unspecified atom stereocenters. The molecule has 0 spiro atoms. The smallest absolute Gasteiger partial charge is 0.331 e. The van der Waals surface area contributed by atoms with Crippen LogP contribution in [0.2, 0.25) is 0 Å². The molecule has 1 aliphatic rings. The van der Waals surface area contributed by atoms with Crippen LogP contribution in [0.1, 0.15) is 49.8 Å². The largest absolute Gasteiger partial charge is 0.460 e. The molecule has 44 heavy (non-hydrogen) atoms. The van der Waals surface area contributed by atoms with E-state index in [9.17, 15) is 19.2 Å². The lowest BCUT2D eigenvalue weighted by molar-refractivity contribution is -0.153. The fourth-order valence-corrected chi connectivity index (χ4v) is 5.08. The van der Waals surface area contributed by atoms with Gasteiger partial charge in [-0.15, -0.1) is 0 Å². The molecule has 232 valence electrons. The molecule has 1 fully saturated rings. The van der Waals surface area contributed by atoms with E-state index in [0.29, 0.717) is 19.4 Å². The Morgan fingerprint density at radius 1 is 0.841 bits per heavy atom. The quantitative estimate of drug-likeness (QED) is 0.248. The summed E-state index contributed by atoms with van der Waals surface area (Å²) in [5, 5.41) is 3.11. The molecule has 3 aromatic carbocycles. The number of aryl methyl sites for hydroxylation is 1. The molecular formula is C35H41N3O6. The lowest BCUT2D eigenvalue weighted by atomic mass is 10.0. The van der Waals surface area contributed by atoms with Gasteiger partial charge in [0.15, 0.2) is 6.04 Å². The minimum atomic E-state index is -1.09. The molecule has 3 aromatic rings. The fourth-order valence-electron chi connectivity index (χ4n) is 5.08. The predicted octanol–water partition coefficient (Wildman–Crippen LogP) is 4.89. The Morgan fingerprint density at radius 3 is 1.95 bits per heavy atom. The van der Waals surface area contributed by atoms with Crippen LogP contribution in [-0.2, 0) is 43.5 Å². The Hall–Kier alpha value is -4.50. The molecule has 1 heterocycles. The molecule has 1 saturated heterocycles. The normalized spacial score (nSPS) is 16.0. The molecule has 9 heteroatoms. The van der Waals surface area contributed by atoms with E-state index in [2.05, 4.69) is 5.32 Å². The number of carbonyl (C=O) groups excluding carboxylic acids is 4. The third kappa shape index (κ3) is 9.00. The van der Waals surface area contributed by atoms with Gasteiger partial charge in [-0.1, -0.05) is 104 Å². The summed E-state index contributed by atoms with van der Waals surface area (Å²) in [4.78, 5) is 56.3. The predicted molar refractivity (Wildman–Crippen MR) is 166 cm³/mol. The SMILES string of the molecule is CCCCN1C[C@@H](C(=O)OCc2ccccc2)N(C(=O)[C@H](C)N[C@@H](CCc2ccccc2)C(=O)OCc2ccccc2)C1=O. The van der Waals surface area contributed by atoms with E-state index in [1.165, 1.54) is 4.90 Å². The first-order valence-corrected chi connectivity index (χ1v) is 15.2. The van der Waals surface area contributed by atoms with Crippen LogP contribution in [-0.4, -0.2) is 64.9 Å². The van der Waals surface area contributed by atoms with Crippen LogP contribution >= 0.6 is 0 Å². The number of amides is 3. The number of unbranched alkanes of at least 4 members (excludes halogenated alkanes) is 1. The van der Waals surface area contributed by atoms with Gasteiger partial charge < -0.3 is 14.4 Å². The lowest BCUT2D eigenvalue weighted by Gasteiger charge is -2.27. The highest BCUT2D eigenvalue weighted by Gasteiger charge is 2.47. The number of urea groups is 1. The monoisotopic (exact) mass is 599 g/mol. The standard InChI is InChI=1S/C35H41N3O6/c1-3-4-22-37-23-31(34(41)44-25-29-18-12-7-13-19-29)38(35(37)42)32(39)26(2)36-30(21-20-27-14-8-5-9-15-27)33(40)43-24-28-16-10-6-11-17-28/h5-19,26,30-31,36H,3-4,20-25H2,1-2H3/t26-,30-,31-/m0/s1. The van der Waals surface area contributed by atoms with E-state index in [1.54, 1.807) is 6.92 Å². The molecule has 4 rings (SSSR count). The topological polar surface area (TPSA) is 105 Å². The summed E-state index contributed by atoms with van der Waals surface area (Å²) in [6.45, 7) is 4.21. The maximum atomic E-state index is 13.8. The third-order valence-corrected chi connectivity index (χ3v) is 7.59. The van der Waals surface area contributed by atoms with Crippen LogP contribution < -0.4 is 5.32 Å². The highest BCUT2D eigenvalue weighted by Crippen LogP contribution is 2.21. The minimum absolute atomic E-state index is 0.0317. The van der Waals surface area contributed by atoms with Crippen molar-refractivity contribution in [2.45, 2.75) is 70.9 Å². The first kappa shape index (κ1) is 32.4. The van der Waals surface area contributed by atoms with Crippen molar-refractivity contribution in [1.82, 2.24) is 15.1 Å². The maximum absolute atomic E-state index is 13.8. The molecule has 1 N–H and O–H groups in total. The molecule has 0 radical (unpaired) electrons. The van der Waals surface area contributed by atoms with Crippen LogP contribution in [0.3, 0.4) is 0 Å². The number of hydrogen-bond donors (Lipinski definition) is 1. The summed E-state index contributed by atoms with van der Waals surface area (Å²) in [6, 6.07) is 24.9. The Balaban J connectivity index is 1.47. The lowest BCUT2D eigenvalue weighted by Crippen LogP contribution is -2.55. The highest BCUT2D eigenvalue weighted by atomic mass is 16.5. The van der Waals surface area contributed by atoms with Crippen LogP contribution in [0.25, 0.3) is 0 Å².